The Labute approximate surface area is 122 Å². The van der Waals surface area contributed by atoms with Crippen LogP contribution >= 0.6 is 0 Å². The number of hydrogen-bond donors (Lipinski definition) is 0. The van der Waals surface area contributed by atoms with Crippen molar-refractivity contribution in [3.05, 3.63) is 49.0 Å². The van der Waals surface area contributed by atoms with Crippen LogP contribution in [-0.4, -0.2) is 39.6 Å². The van der Waals surface area contributed by atoms with Gasteiger partial charge in [0, 0.05) is 0 Å². The number of rotatable bonds is 13. The van der Waals surface area contributed by atoms with Crippen LogP contribution in [0.4, 0.5) is 0 Å². The molecule has 0 spiro atoms. The molecule has 0 aromatic rings. The highest BCUT2D eigenvalue weighted by molar-refractivity contribution is 5.20. The van der Waals surface area contributed by atoms with E-state index in [1.54, 1.807) is 6.26 Å². The van der Waals surface area contributed by atoms with Gasteiger partial charge in [-0.3, -0.25) is 0 Å². The molecule has 0 aromatic carbocycles. The van der Waals surface area contributed by atoms with Crippen molar-refractivity contribution in [3.63, 3.8) is 0 Å². The zero-order valence-electron chi connectivity index (χ0n) is 12.6. The standard InChI is InChI=1S/C16H26O4/c1-5-7-18-9-11-20-14-16(4)12-15(3)13-19-10-8-17-6-2/h5-7,12H,2,4,8-11,13-14H2,1,3H3/b7-5-,15-12+. The molecule has 0 saturated carbocycles. The van der Waals surface area contributed by atoms with Gasteiger partial charge in [-0.05, 0) is 25.0 Å². The van der Waals surface area contributed by atoms with Crippen LogP contribution in [0.25, 0.3) is 0 Å². The van der Waals surface area contributed by atoms with Gasteiger partial charge in [0.15, 0.2) is 0 Å². The summed E-state index contributed by atoms with van der Waals surface area (Å²) in [6.07, 6.45) is 6.87. The summed E-state index contributed by atoms with van der Waals surface area (Å²) >= 11 is 0. The average molecular weight is 282 g/mol. The highest BCUT2D eigenvalue weighted by Gasteiger charge is 1.95. The van der Waals surface area contributed by atoms with E-state index in [2.05, 4.69) is 13.2 Å². The van der Waals surface area contributed by atoms with Crippen LogP contribution in [0.1, 0.15) is 13.8 Å². The molecule has 0 radical (unpaired) electrons. The van der Waals surface area contributed by atoms with E-state index in [-0.39, 0.29) is 0 Å². The van der Waals surface area contributed by atoms with Crippen LogP contribution in [0.5, 0.6) is 0 Å². The number of hydrogen-bond acceptors (Lipinski definition) is 4. The fraction of sp³-hybridized carbons (Fsp3) is 0.500. The lowest BCUT2D eigenvalue weighted by Gasteiger charge is -2.07. The third kappa shape index (κ3) is 12.9. The first-order valence-electron chi connectivity index (χ1n) is 6.66. The summed E-state index contributed by atoms with van der Waals surface area (Å²) in [5, 5.41) is 0. The Kier molecular flexibility index (Phi) is 12.8. The molecule has 0 fully saturated rings. The van der Waals surface area contributed by atoms with Gasteiger partial charge in [0.05, 0.1) is 39.0 Å². The van der Waals surface area contributed by atoms with Gasteiger partial charge in [0.1, 0.15) is 13.2 Å². The summed E-state index contributed by atoms with van der Waals surface area (Å²) in [5.74, 6) is 0. The zero-order valence-corrected chi connectivity index (χ0v) is 12.6. The Balaban J connectivity index is 3.60. The predicted octanol–water partition coefficient (Wildman–Crippen LogP) is 3.23. The van der Waals surface area contributed by atoms with E-state index in [9.17, 15) is 0 Å². The first-order valence-corrected chi connectivity index (χ1v) is 6.66. The molecule has 0 rings (SSSR count). The van der Waals surface area contributed by atoms with E-state index in [4.69, 9.17) is 18.9 Å². The summed E-state index contributed by atoms with van der Waals surface area (Å²) in [7, 11) is 0. The number of allylic oxidation sites excluding steroid dienone is 1. The monoisotopic (exact) mass is 282 g/mol. The van der Waals surface area contributed by atoms with Crippen molar-refractivity contribution in [1.29, 1.82) is 0 Å². The molecule has 0 aromatic heterocycles. The molecule has 0 bridgehead atoms. The minimum Gasteiger partial charge on any atom is -0.499 e. The lowest BCUT2D eigenvalue weighted by atomic mass is 10.2. The molecule has 0 saturated heterocycles. The van der Waals surface area contributed by atoms with Crippen LogP contribution in [0.15, 0.2) is 49.0 Å². The van der Waals surface area contributed by atoms with Gasteiger partial charge in [-0.1, -0.05) is 25.3 Å². The normalized spacial score (nSPS) is 11.6. The van der Waals surface area contributed by atoms with E-state index in [0.717, 1.165) is 11.1 Å². The quantitative estimate of drug-likeness (QED) is 0.295. The highest BCUT2D eigenvalue weighted by Crippen LogP contribution is 2.02. The maximum Gasteiger partial charge on any atom is 0.111 e. The minimum atomic E-state index is 0.496. The van der Waals surface area contributed by atoms with E-state index < -0.39 is 0 Å². The largest absolute Gasteiger partial charge is 0.499 e. The predicted molar refractivity (Wildman–Crippen MR) is 81.5 cm³/mol. The Morgan fingerprint density at radius 1 is 1.00 bits per heavy atom. The van der Waals surface area contributed by atoms with Gasteiger partial charge in [0.2, 0.25) is 0 Å². The van der Waals surface area contributed by atoms with E-state index in [1.807, 2.05) is 26.0 Å². The second kappa shape index (κ2) is 13.9. The summed E-state index contributed by atoms with van der Waals surface area (Å²) in [4.78, 5) is 0. The summed E-state index contributed by atoms with van der Waals surface area (Å²) in [6, 6.07) is 0. The molecule has 114 valence electrons. The first-order chi connectivity index (χ1) is 9.70. The summed E-state index contributed by atoms with van der Waals surface area (Å²) < 4.78 is 20.9. The van der Waals surface area contributed by atoms with Crippen LogP contribution in [0, 0.1) is 0 Å². The lowest BCUT2D eigenvalue weighted by molar-refractivity contribution is 0.0973. The second-order valence-corrected chi connectivity index (χ2v) is 4.13. The topological polar surface area (TPSA) is 36.9 Å². The second-order valence-electron chi connectivity index (χ2n) is 4.13. The molecular weight excluding hydrogens is 256 g/mol. The molecule has 0 atom stereocenters. The SMILES string of the molecule is C=COCCOC/C(C)=C/C(=C)COCCO/C=C\C. The third-order valence-electron chi connectivity index (χ3n) is 2.11. The molecular formula is C16H26O4. The van der Waals surface area contributed by atoms with Crippen molar-refractivity contribution in [1.82, 2.24) is 0 Å². The Bertz CT molecular complexity index is 318. The fourth-order valence-corrected chi connectivity index (χ4v) is 1.33. The first kappa shape index (κ1) is 18.5. The molecule has 20 heavy (non-hydrogen) atoms. The van der Waals surface area contributed by atoms with Crippen molar-refractivity contribution in [2.75, 3.05) is 39.6 Å². The van der Waals surface area contributed by atoms with Gasteiger partial charge in [-0.15, -0.1) is 0 Å². The van der Waals surface area contributed by atoms with E-state index in [0.29, 0.717) is 39.6 Å². The van der Waals surface area contributed by atoms with Crippen molar-refractivity contribution in [2.24, 2.45) is 0 Å². The summed E-state index contributed by atoms with van der Waals surface area (Å²) in [5.41, 5.74) is 2.02. The molecule has 0 heterocycles. The van der Waals surface area contributed by atoms with E-state index >= 15 is 0 Å². The van der Waals surface area contributed by atoms with Crippen molar-refractivity contribution >= 4 is 0 Å². The third-order valence-corrected chi connectivity index (χ3v) is 2.11. The highest BCUT2D eigenvalue weighted by atomic mass is 16.5. The smallest absolute Gasteiger partial charge is 0.111 e. The van der Waals surface area contributed by atoms with Crippen LogP contribution in [0.2, 0.25) is 0 Å². The maximum absolute atomic E-state index is 5.43. The Hall–Kier alpha value is -1.52. The van der Waals surface area contributed by atoms with Crippen LogP contribution < -0.4 is 0 Å². The van der Waals surface area contributed by atoms with E-state index in [1.165, 1.54) is 6.26 Å². The molecule has 0 aliphatic heterocycles. The summed E-state index contributed by atoms with van der Waals surface area (Å²) in [6.45, 7) is 14.5. The lowest BCUT2D eigenvalue weighted by Crippen LogP contribution is -2.05. The van der Waals surface area contributed by atoms with Gasteiger partial charge in [-0.25, -0.2) is 0 Å². The molecule has 4 nitrogen and oxygen atoms in total. The van der Waals surface area contributed by atoms with Crippen LogP contribution in [-0.2, 0) is 18.9 Å². The Morgan fingerprint density at radius 2 is 1.65 bits per heavy atom. The molecule has 4 heteroatoms. The molecule has 0 N–H and O–H groups in total. The minimum absolute atomic E-state index is 0.496. The molecule has 0 unspecified atom stereocenters. The molecule has 0 aliphatic rings. The van der Waals surface area contributed by atoms with Crippen molar-refractivity contribution < 1.29 is 18.9 Å². The van der Waals surface area contributed by atoms with Gasteiger partial charge < -0.3 is 18.9 Å². The fourth-order valence-electron chi connectivity index (χ4n) is 1.33. The zero-order chi connectivity index (χ0) is 15.1. The van der Waals surface area contributed by atoms with Gasteiger partial charge in [-0.2, -0.15) is 0 Å². The number of ether oxygens (including phenoxy) is 4. The van der Waals surface area contributed by atoms with Gasteiger partial charge >= 0.3 is 0 Å². The average Bonchev–Trinajstić information content (AvgIpc) is 2.42. The van der Waals surface area contributed by atoms with Crippen molar-refractivity contribution in [3.8, 4) is 0 Å². The molecule has 0 amide bonds. The maximum atomic E-state index is 5.43. The van der Waals surface area contributed by atoms with Crippen molar-refractivity contribution in [2.45, 2.75) is 13.8 Å². The van der Waals surface area contributed by atoms with Gasteiger partial charge in [0.25, 0.3) is 0 Å². The Morgan fingerprint density at radius 3 is 2.30 bits per heavy atom. The molecule has 0 aliphatic carbocycles. The van der Waals surface area contributed by atoms with Crippen LogP contribution in [0.3, 0.4) is 0 Å².